The molecule has 8 nitrogen and oxygen atoms in total. The fourth-order valence-corrected chi connectivity index (χ4v) is 4.40. The predicted octanol–water partition coefficient (Wildman–Crippen LogP) is 3.13. The van der Waals surface area contributed by atoms with E-state index in [2.05, 4.69) is 23.3 Å². The van der Waals surface area contributed by atoms with Crippen molar-refractivity contribution in [3.05, 3.63) is 35.4 Å². The Morgan fingerprint density at radius 1 is 1.21 bits per heavy atom. The molecule has 2 atom stereocenters. The average molecular weight is 494 g/mol. The number of alkyl carbamates (subject to hydrolysis) is 1. The molecule has 2 rings (SSSR count). The van der Waals surface area contributed by atoms with E-state index in [-0.39, 0.29) is 30.9 Å². The Bertz CT molecular complexity index is 836. The molecule has 0 aliphatic heterocycles. The second-order valence-electron chi connectivity index (χ2n) is 9.80. The number of carbonyl (C=O) groups is 3. The van der Waals surface area contributed by atoms with Gasteiger partial charge in [0.05, 0.1) is 6.61 Å². The molecule has 190 valence electrons. The Hall–Kier alpha value is -2.26. The fourth-order valence-electron chi connectivity index (χ4n) is 4.15. The van der Waals surface area contributed by atoms with Crippen LogP contribution in [-0.4, -0.2) is 64.5 Å². The van der Waals surface area contributed by atoms with E-state index < -0.39 is 29.7 Å². The van der Waals surface area contributed by atoms with Crippen LogP contribution in [0.4, 0.5) is 4.79 Å². The molecule has 3 N–H and O–H groups in total. The Morgan fingerprint density at radius 3 is 2.44 bits per heavy atom. The molecule has 0 aromatic heterocycles. The number of carbonyl (C=O) groups excluding carboxylic acids is 3. The molecule has 0 bridgehead atoms. The number of ether oxygens (including phenoxy) is 1. The number of aryl methyl sites for hydroxylation is 1. The van der Waals surface area contributed by atoms with Gasteiger partial charge in [-0.15, -0.1) is 0 Å². The van der Waals surface area contributed by atoms with Gasteiger partial charge in [0.25, 0.3) is 0 Å². The molecular formula is C25H39N3O5S. The number of hydrogen-bond donors (Lipinski definition) is 4. The number of benzene rings is 1. The summed E-state index contributed by atoms with van der Waals surface area (Å²) in [6.45, 7) is 6.69. The first-order valence-electron chi connectivity index (χ1n) is 11.9. The van der Waals surface area contributed by atoms with Gasteiger partial charge in [-0.05, 0) is 46.1 Å². The second-order valence-corrected chi connectivity index (χ2v) is 10.2. The summed E-state index contributed by atoms with van der Waals surface area (Å²) in [6.07, 6.45) is 4.33. The van der Waals surface area contributed by atoms with Gasteiger partial charge in [-0.25, -0.2) is 4.79 Å². The lowest BCUT2D eigenvalue weighted by Gasteiger charge is -2.35. The van der Waals surface area contributed by atoms with Crippen LogP contribution in [0.25, 0.3) is 0 Å². The highest BCUT2D eigenvalue weighted by Crippen LogP contribution is 2.25. The van der Waals surface area contributed by atoms with Gasteiger partial charge in [-0.3, -0.25) is 9.59 Å². The lowest BCUT2D eigenvalue weighted by Crippen LogP contribution is -2.55. The van der Waals surface area contributed by atoms with Crippen molar-refractivity contribution in [3.63, 3.8) is 0 Å². The van der Waals surface area contributed by atoms with Gasteiger partial charge in [0.1, 0.15) is 17.7 Å². The number of nitrogens with zero attached hydrogens (tertiary/aromatic N) is 1. The van der Waals surface area contributed by atoms with Crippen molar-refractivity contribution in [2.24, 2.45) is 0 Å². The van der Waals surface area contributed by atoms with Crippen LogP contribution in [-0.2, 0) is 14.3 Å². The molecule has 2 unspecified atom stereocenters. The Balaban J connectivity index is 2.34. The van der Waals surface area contributed by atoms with E-state index in [0.29, 0.717) is 5.56 Å². The van der Waals surface area contributed by atoms with Gasteiger partial charge < -0.3 is 25.4 Å². The van der Waals surface area contributed by atoms with Crippen molar-refractivity contribution in [3.8, 4) is 0 Å². The summed E-state index contributed by atoms with van der Waals surface area (Å²) >= 11 is 4.25. The Labute approximate surface area is 208 Å². The smallest absolute Gasteiger partial charge is 0.408 e. The quantitative estimate of drug-likeness (QED) is 0.395. The van der Waals surface area contributed by atoms with Crippen LogP contribution in [0.3, 0.4) is 0 Å². The van der Waals surface area contributed by atoms with Crippen LogP contribution < -0.4 is 10.6 Å². The van der Waals surface area contributed by atoms with Crippen LogP contribution in [0.2, 0.25) is 0 Å². The molecule has 1 aromatic rings. The molecule has 0 heterocycles. The Kier molecular flexibility index (Phi) is 10.7. The summed E-state index contributed by atoms with van der Waals surface area (Å²) in [7, 11) is 0. The van der Waals surface area contributed by atoms with Gasteiger partial charge >= 0.3 is 6.09 Å². The standard InChI is InChI=1S/C25H39N3O5S/c1-17-9-8-10-18(15-17)21(22(30)26-19-11-6-5-7-12-19)28(13-14-29)23(31)20(16-34)27-24(32)33-25(2,3)4/h8-10,15,19-21,29,34H,5-7,11-14,16H2,1-4H3,(H,26,30)(H,27,32). The first kappa shape index (κ1) is 28.0. The number of aliphatic hydroxyl groups excluding tert-OH is 1. The van der Waals surface area contributed by atoms with E-state index >= 15 is 0 Å². The summed E-state index contributed by atoms with van der Waals surface area (Å²) in [4.78, 5) is 40.8. The van der Waals surface area contributed by atoms with Crippen molar-refractivity contribution >= 4 is 30.5 Å². The Morgan fingerprint density at radius 2 is 1.88 bits per heavy atom. The molecule has 1 fully saturated rings. The molecule has 0 radical (unpaired) electrons. The minimum absolute atomic E-state index is 0.00475. The average Bonchev–Trinajstić information content (AvgIpc) is 2.76. The summed E-state index contributed by atoms with van der Waals surface area (Å²) < 4.78 is 5.29. The maximum absolute atomic E-state index is 13.6. The number of hydrogen-bond acceptors (Lipinski definition) is 6. The van der Waals surface area contributed by atoms with E-state index in [1.807, 2.05) is 25.1 Å². The van der Waals surface area contributed by atoms with E-state index in [1.165, 1.54) is 4.90 Å². The molecule has 3 amide bonds. The van der Waals surface area contributed by atoms with E-state index in [0.717, 1.165) is 37.7 Å². The minimum Gasteiger partial charge on any atom is -0.444 e. The molecule has 0 saturated heterocycles. The normalized spacial score (nSPS) is 16.3. The van der Waals surface area contributed by atoms with Crippen LogP contribution in [0.15, 0.2) is 24.3 Å². The van der Waals surface area contributed by atoms with Crippen molar-refractivity contribution in [2.75, 3.05) is 18.9 Å². The number of nitrogens with one attached hydrogen (secondary N) is 2. The predicted molar refractivity (Wildman–Crippen MR) is 135 cm³/mol. The maximum atomic E-state index is 13.6. The molecule has 34 heavy (non-hydrogen) atoms. The molecule has 1 aliphatic rings. The van der Waals surface area contributed by atoms with Gasteiger partial charge in [-0.2, -0.15) is 12.6 Å². The van der Waals surface area contributed by atoms with Crippen LogP contribution in [0.1, 0.15) is 70.0 Å². The molecule has 1 saturated carbocycles. The summed E-state index contributed by atoms with van der Waals surface area (Å²) in [5, 5.41) is 15.4. The number of aliphatic hydroxyl groups is 1. The lowest BCUT2D eigenvalue weighted by molar-refractivity contribution is -0.143. The van der Waals surface area contributed by atoms with Gasteiger partial charge in [0.2, 0.25) is 11.8 Å². The summed E-state index contributed by atoms with van der Waals surface area (Å²) in [5.74, 6) is -0.806. The third-order valence-electron chi connectivity index (χ3n) is 5.67. The van der Waals surface area contributed by atoms with Crippen molar-refractivity contribution < 1.29 is 24.2 Å². The second kappa shape index (κ2) is 13.0. The maximum Gasteiger partial charge on any atom is 0.408 e. The highest BCUT2D eigenvalue weighted by molar-refractivity contribution is 7.80. The summed E-state index contributed by atoms with van der Waals surface area (Å²) in [6, 6.07) is 5.48. The van der Waals surface area contributed by atoms with Crippen molar-refractivity contribution in [2.45, 2.75) is 83.5 Å². The first-order chi connectivity index (χ1) is 16.1. The highest BCUT2D eigenvalue weighted by Gasteiger charge is 2.36. The van der Waals surface area contributed by atoms with E-state index in [4.69, 9.17) is 4.74 Å². The minimum atomic E-state index is -1.03. The highest BCUT2D eigenvalue weighted by atomic mass is 32.1. The monoisotopic (exact) mass is 493 g/mol. The number of rotatable bonds is 9. The largest absolute Gasteiger partial charge is 0.444 e. The molecule has 1 aromatic carbocycles. The van der Waals surface area contributed by atoms with E-state index in [9.17, 15) is 19.5 Å². The molecule has 1 aliphatic carbocycles. The third-order valence-corrected chi connectivity index (χ3v) is 6.03. The SMILES string of the molecule is Cc1cccc(C(C(=O)NC2CCCCC2)N(CCO)C(=O)C(CS)NC(=O)OC(C)(C)C)c1. The first-order valence-corrected chi connectivity index (χ1v) is 12.6. The zero-order valence-corrected chi connectivity index (χ0v) is 21.6. The molecular weight excluding hydrogens is 454 g/mol. The third kappa shape index (κ3) is 8.51. The molecule has 0 spiro atoms. The van der Waals surface area contributed by atoms with E-state index in [1.54, 1.807) is 26.8 Å². The summed E-state index contributed by atoms with van der Waals surface area (Å²) in [5.41, 5.74) is 0.857. The fraction of sp³-hybridized carbons (Fsp3) is 0.640. The van der Waals surface area contributed by atoms with Crippen LogP contribution in [0, 0.1) is 6.92 Å². The lowest BCUT2D eigenvalue weighted by atomic mass is 9.94. The van der Waals surface area contributed by atoms with Crippen LogP contribution in [0.5, 0.6) is 0 Å². The van der Waals surface area contributed by atoms with Crippen molar-refractivity contribution in [1.82, 2.24) is 15.5 Å². The van der Waals surface area contributed by atoms with Gasteiger partial charge in [-0.1, -0.05) is 49.1 Å². The van der Waals surface area contributed by atoms with Crippen LogP contribution >= 0.6 is 12.6 Å². The zero-order valence-electron chi connectivity index (χ0n) is 20.7. The van der Waals surface area contributed by atoms with Crippen molar-refractivity contribution in [1.29, 1.82) is 0 Å². The molecule has 9 heteroatoms. The number of thiol groups is 1. The zero-order chi connectivity index (χ0) is 25.3. The van der Waals surface area contributed by atoms with Gasteiger partial charge in [0, 0.05) is 18.3 Å². The van der Waals surface area contributed by atoms with Gasteiger partial charge in [0.15, 0.2) is 0 Å². The topological polar surface area (TPSA) is 108 Å². The number of amides is 3.